The van der Waals surface area contributed by atoms with Crippen molar-refractivity contribution in [1.82, 2.24) is 4.90 Å². The van der Waals surface area contributed by atoms with Gasteiger partial charge in [-0.1, -0.05) is 42.5 Å². The summed E-state index contributed by atoms with van der Waals surface area (Å²) in [4.78, 5) is 44.8. The third-order valence-corrected chi connectivity index (χ3v) is 7.02. The first-order valence-electron chi connectivity index (χ1n) is 11.2. The number of ether oxygens (including phenoxy) is 1. The Morgan fingerprint density at radius 3 is 2.50 bits per heavy atom. The van der Waals surface area contributed by atoms with Crippen molar-refractivity contribution < 1.29 is 23.5 Å². The SMILES string of the molecule is Cc1cccc(C)c1N1C(=O)C2(C=CCN2C(=O)c2ccco2)C2C(=O)c3ccccc3OC21. The number of carbonyl (C=O) groups is 3. The summed E-state index contributed by atoms with van der Waals surface area (Å²) in [7, 11) is 0. The molecule has 6 rings (SSSR count). The molecule has 2 aromatic carbocycles. The highest BCUT2D eigenvalue weighted by atomic mass is 16.5. The van der Waals surface area contributed by atoms with Crippen molar-refractivity contribution >= 4 is 23.3 Å². The first-order valence-corrected chi connectivity index (χ1v) is 11.2. The van der Waals surface area contributed by atoms with Gasteiger partial charge >= 0.3 is 0 Å². The van der Waals surface area contributed by atoms with Crippen molar-refractivity contribution in [2.24, 2.45) is 5.92 Å². The van der Waals surface area contributed by atoms with Gasteiger partial charge in [0.1, 0.15) is 11.7 Å². The molecule has 0 saturated carbocycles. The van der Waals surface area contributed by atoms with Gasteiger partial charge in [0.15, 0.2) is 23.3 Å². The first-order chi connectivity index (χ1) is 16.4. The highest BCUT2D eigenvalue weighted by Crippen LogP contribution is 2.51. The number of para-hydroxylation sites is 2. The second kappa shape index (κ2) is 7.18. The standard InChI is InChI=1S/C27H22N2O5/c1-16-8-5-9-17(2)22(16)29-25-21(23(30)18-10-3-4-11-19(18)34-25)27(26(29)32)13-7-14-28(27)24(31)20-12-6-15-33-20/h3-13,15,21,25H,14H2,1-2H3. The lowest BCUT2D eigenvalue weighted by Crippen LogP contribution is -2.58. The Bertz CT molecular complexity index is 1360. The van der Waals surface area contributed by atoms with Crippen LogP contribution in [0.25, 0.3) is 0 Å². The van der Waals surface area contributed by atoms with E-state index in [0.717, 1.165) is 11.1 Å². The van der Waals surface area contributed by atoms with Gasteiger partial charge in [-0.25, -0.2) is 0 Å². The van der Waals surface area contributed by atoms with Gasteiger partial charge in [0.2, 0.25) is 0 Å². The number of aryl methyl sites for hydroxylation is 2. The fourth-order valence-corrected chi connectivity index (χ4v) is 5.56. The molecule has 3 aliphatic heterocycles. The van der Waals surface area contributed by atoms with Crippen LogP contribution < -0.4 is 9.64 Å². The fraction of sp³-hybridized carbons (Fsp3) is 0.222. The van der Waals surface area contributed by atoms with Crippen LogP contribution in [0.4, 0.5) is 5.69 Å². The van der Waals surface area contributed by atoms with Crippen LogP contribution in [0.15, 0.2) is 77.4 Å². The minimum Gasteiger partial charge on any atom is -0.468 e. The maximum atomic E-state index is 14.4. The van der Waals surface area contributed by atoms with Gasteiger partial charge in [0.25, 0.3) is 11.8 Å². The number of amides is 2. The number of hydrogen-bond acceptors (Lipinski definition) is 5. The van der Waals surface area contributed by atoms with E-state index in [1.54, 1.807) is 53.5 Å². The Balaban J connectivity index is 1.58. The molecule has 3 aliphatic rings. The topological polar surface area (TPSA) is 80.1 Å². The molecule has 0 radical (unpaired) electrons. The van der Waals surface area contributed by atoms with E-state index < -0.39 is 23.6 Å². The molecule has 0 N–H and O–H groups in total. The Morgan fingerprint density at radius 2 is 1.76 bits per heavy atom. The Morgan fingerprint density at radius 1 is 1.00 bits per heavy atom. The molecule has 3 aromatic rings. The lowest BCUT2D eigenvalue weighted by molar-refractivity contribution is -0.124. The number of rotatable bonds is 2. The van der Waals surface area contributed by atoms with Crippen molar-refractivity contribution in [2.45, 2.75) is 25.6 Å². The van der Waals surface area contributed by atoms with Crippen LogP contribution in [-0.2, 0) is 4.79 Å². The van der Waals surface area contributed by atoms with Gasteiger partial charge in [-0.15, -0.1) is 0 Å². The van der Waals surface area contributed by atoms with E-state index in [1.807, 2.05) is 32.0 Å². The third kappa shape index (κ3) is 2.55. The third-order valence-electron chi connectivity index (χ3n) is 7.02. The molecule has 3 atom stereocenters. The van der Waals surface area contributed by atoms with Gasteiger partial charge < -0.3 is 14.1 Å². The maximum Gasteiger partial charge on any atom is 0.290 e. The molecule has 0 aliphatic carbocycles. The molecule has 3 unspecified atom stereocenters. The molecule has 1 fully saturated rings. The van der Waals surface area contributed by atoms with Crippen LogP contribution >= 0.6 is 0 Å². The number of hydrogen-bond donors (Lipinski definition) is 0. The minimum absolute atomic E-state index is 0.113. The summed E-state index contributed by atoms with van der Waals surface area (Å²) in [6, 6.07) is 15.9. The van der Waals surface area contributed by atoms with Crippen LogP contribution in [0.2, 0.25) is 0 Å². The van der Waals surface area contributed by atoms with Crippen LogP contribution in [-0.4, -0.2) is 40.8 Å². The van der Waals surface area contributed by atoms with Gasteiger partial charge in [-0.3, -0.25) is 19.3 Å². The van der Waals surface area contributed by atoms with E-state index in [2.05, 4.69) is 0 Å². The normalized spacial score (nSPS) is 25.0. The average molecular weight is 454 g/mol. The Hall–Kier alpha value is -4.13. The maximum absolute atomic E-state index is 14.4. The summed E-state index contributed by atoms with van der Waals surface area (Å²) in [6.07, 6.45) is 3.97. The van der Waals surface area contributed by atoms with E-state index in [-0.39, 0.29) is 24.0 Å². The zero-order valence-electron chi connectivity index (χ0n) is 18.7. The lowest BCUT2D eigenvalue weighted by atomic mass is 9.78. The van der Waals surface area contributed by atoms with Gasteiger partial charge in [0, 0.05) is 6.54 Å². The monoisotopic (exact) mass is 454 g/mol. The van der Waals surface area contributed by atoms with Gasteiger partial charge in [0.05, 0.1) is 17.5 Å². The molecule has 2 amide bonds. The number of nitrogens with zero attached hydrogens (tertiary/aromatic N) is 2. The summed E-state index contributed by atoms with van der Waals surface area (Å²) in [5, 5.41) is 0. The molecule has 170 valence electrons. The largest absolute Gasteiger partial charge is 0.468 e. The van der Waals surface area contributed by atoms with E-state index in [4.69, 9.17) is 9.15 Å². The summed E-state index contributed by atoms with van der Waals surface area (Å²) in [5.41, 5.74) is 1.34. The number of Topliss-reactive ketones (excluding diaryl/α,β-unsaturated/α-hetero) is 1. The average Bonchev–Trinajstić information content (AvgIpc) is 3.56. The molecule has 34 heavy (non-hydrogen) atoms. The number of ketones is 1. The number of anilines is 1. The van der Waals surface area contributed by atoms with Crippen molar-refractivity contribution in [3.63, 3.8) is 0 Å². The van der Waals surface area contributed by atoms with Crippen molar-refractivity contribution in [3.8, 4) is 5.75 Å². The van der Waals surface area contributed by atoms with Gasteiger partial charge in [-0.05, 0) is 49.2 Å². The van der Waals surface area contributed by atoms with Crippen LogP contribution in [0.5, 0.6) is 5.75 Å². The Kier molecular flexibility index (Phi) is 4.33. The molecule has 1 saturated heterocycles. The zero-order valence-corrected chi connectivity index (χ0v) is 18.7. The fourth-order valence-electron chi connectivity index (χ4n) is 5.56. The van der Waals surface area contributed by atoms with Crippen LogP contribution in [0.1, 0.15) is 32.0 Å². The second-order valence-corrected chi connectivity index (χ2v) is 8.88. The summed E-state index contributed by atoms with van der Waals surface area (Å²) in [6.45, 7) is 4.03. The van der Waals surface area contributed by atoms with E-state index in [9.17, 15) is 14.4 Å². The molecule has 1 spiro atoms. The Labute approximate surface area is 196 Å². The molecule has 7 heteroatoms. The second-order valence-electron chi connectivity index (χ2n) is 8.88. The van der Waals surface area contributed by atoms with Crippen molar-refractivity contribution in [3.05, 3.63) is 95.5 Å². The first kappa shape index (κ1) is 20.5. The summed E-state index contributed by atoms with van der Waals surface area (Å²) in [5.74, 6) is -1.43. The summed E-state index contributed by atoms with van der Waals surface area (Å²) < 4.78 is 11.7. The number of fused-ring (bicyclic) bond motifs is 3. The molecule has 1 aromatic heterocycles. The predicted molar refractivity (Wildman–Crippen MR) is 124 cm³/mol. The van der Waals surface area contributed by atoms with Crippen molar-refractivity contribution in [2.75, 3.05) is 11.4 Å². The quantitative estimate of drug-likeness (QED) is 0.549. The predicted octanol–water partition coefficient (Wildman–Crippen LogP) is 3.91. The number of benzene rings is 2. The summed E-state index contributed by atoms with van der Waals surface area (Å²) >= 11 is 0. The lowest BCUT2D eigenvalue weighted by Gasteiger charge is -2.38. The smallest absolute Gasteiger partial charge is 0.290 e. The van der Waals surface area contributed by atoms with Crippen LogP contribution in [0, 0.1) is 19.8 Å². The van der Waals surface area contributed by atoms with Crippen LogP contribution in [0.3, 0.4) is 0 Å². The van der Waals surface area contributed by atoms with Gasteiger partial charge in [-0.2, -0.15) is 0 Å². The van der Waals surface area contributed by atoms with Crippen molar-refractivity contribution in [1.29, 1.82) is 0 Å². The van der Waals surface area contributed by atoms with E-state index in [1.165, 1.54) is 11.2 Å². The number of furan rings is 1. The molecule has 7 nitrogen and oxygen atoms in total. The number of carbonyl (C=O) groups excluding carboxylic acids is 3. The zero-order chi connectivity index (χ0) is 23.6. The van der Waals surface area contributed by atoms with E-state index in [0.29, 0.717) is 17.0 Å². The van der Waals surface area contributed by atoms with E-state index >= 15 is 0 Å². The molecule has 0 bridgehead atoms. The highest BCUT2D eigenvalue weighted by Gasteiger charge is 2.69. The highest BCUT2D eigenvalue weighted by molar-refractivity contribution is 6.17. The molecular formula is C27H22N2O5. The minimum atomic E-state index is -1.52. The molecule has 4 heterocycles. The molecular weight excluding hydrogens is 432 g/mol.